The van der Waals surface area contributed by atoms with E-state index in [0.29, 0.717) is 0 Å². The molecule has 0 aliphatic rings. The molecule has 1 aromatic rings. The molecule has 90 valence electrons. The number of para-hydroxylation sites is 2. The van der Waals surface area contributed by atoms with Crippen LogP contribution >= 0.6 is 0 Å². The molecule has 0 amide bonds. The van der Waals surface area contributed by atoms with Gasteiger partial charge in [-0.25, -0.2) is 8.42 Å². The van der Waals surface area contributed by atoms with Crippen LogP contribution in [-0.2, 0) is 20.1 Å². The summed E-state index contributed by atoms with van der Waals surface area (Å²) >= 11 is 0. The summed E-state index contributed by atoms with van der Waals surface area (Å²) in [5.41, 5.74) is 0.0791. The second-order valence-corrected chi connectivity index (χ2v) is 6.48. The molecule has 0 heterocycles. The summed E-state index contributed by atoms with van der Waals surface area (Å²) in [4.78, 5) is 0. The number of hydrogen-bond acceptors (Lipinski definition) is 5. The van der Waals surface area contributed by atoms with Crippen LogP contribution in [0.2, 0.25) is 0 Å². The molecule has 0 saturated heterocycles. The third kappa shape index (κ3) is 4.49. The van der Waals surface area contributed by atoms with Gasteiger partial charge in [0.25, 0.3) is 0 Å². The molecule has 6 nitrogen and oxygen atoms in total. The topological polar surface area (TPSA) is 89.5 Å². The minimum atomic E-state index is -3.69. The Morgan fingerprint density at radius 1 is 1.06 bits per heavy atom. The molecule has 0 unspecified atom stereocenters. The highest BCUT2D eigenvalue weighted by atomic mass is 32.2. The van der Waals surface area contributed by atoms with Gasteiger partial charge in [0.15, 0.2) is 5.75 Å². The van der Waals surface area contributed by atoms with Crippen molar-refractivity contribution in [2.75, 3.05) is 17.2 Å². The summed E-state index contributed by atoms with van der Waals surface area (Å²) in [6.07, 6.45) is 1.84. The highest BCUT2D eigenvalue weighted by Crippen LogP contribution is 2.25. The fourth-order valence-electron chi connectivity index (χ4n) is 0.986. The molecule has 0 aromatic heterocycles. The summed E-state index contributed by atoms with van der Waals surface area (Å²) in [6, 6.07) is 5.85. The van der Waals surface area contributed by atoms with Crippen molar-refractivity contribution in [3.8, 4) is 5.75 Å². The number of anilines is 1. The lowest BCUT2D eigenvalue weighted by Gasteiger charge is -2.09. The number of benzene rings is 1. The van der Waals surface area contributed by atoms with Crippen LogP contribution in [0.4, 0.5) is 5.69 Å². The molecule has 1 N–H and O–H groups in total. The van der Waals surface area contributed by atoms with Crippen LogP contribution in [-0.4, -0.2) is 29.3 Å². The van der Waals surface area contributed by atoms with E-state index < -0.39 is 20.1 Å². The summed E-state index contributed by atoms with van der Waals surface area (Å²) < 4.78 is 50.6. The average molecular weight is 265 g/mol. The Bertz CT molecular complexity index is 523. The molecule has 0 saturated carbocycles. The third-order valence-electron chi connectivity index (χ3n) is 1.42. The van der Waals surface area contributed by atoms with E-state index in [1.807, 2.05) is 0 Å². The summed E-state index contributed by atoms with van der Waals surface area (Å²) in [6.45, 7) is 0. The van der Waals surface area contributed by atoms with Gasteiger partial charge in [-0.1, -0.05) is 12.1 Å². The molecule has 0 radical (unpaired) electrons. The lowest BCUT2D eigenvalue weighted by Crippen LogP contribution is -2.12. The minimum Gasteiger partial charge on any atom is -0.380 e. The van der Waals surface area contributed by atoms with Gasteiger partial charge in [-0.3, -0.25) is 4.72 Å². The third-order valence-corrected chi connectivity index (χ3v) is 2.50. The first kappa shape index (κ1) is 12.8. The van der Waals surface area contributed by atoms with Gasteiger partial charge in [0, 0.05) is 0 Å². The van der Waals surface area contributed by atoms with Crippen molar-refractivity contribution in [3.63, 3.8) is 0 Å². The molecule has 1 aromatic carbocycles. The maximum Gasteiger partial charge on any atom is 0.306 e. The lowest BCUT2D eigenvalue weighted by molar-refractivity contribution is 0.494. The Hall–Kier alpha value is -1.28. The van der Waals surface area contributed by atoms with E-state index in [1.165, 1.54) is 18.2 Å². The van der Waals surface area contributed by atoms with Gasteiger partial charge in [0.05, 0.1) is 18.2 Å². The molecule has 0 aliphatic heterocycles. The molecule has 0 aliphatic carbocycles. The van der Waals surface area contributed by atoms with Gasteiger partial charge in [0.2, 0.25) is 10.0 Å². The van der Waals surface area contributed by atoms with Crippen molar-refractivity contribution < 1.29 is 21.0 Å². The maximum absolute atomic E-state index is 11.0. The van der Waals surface area contributed by atoms with Gasteiger partial charge in [-0.05, 0) is 12.1 Å². The van der Waals surface area contributed by atoms with E-state index in [1.54, 1.807) is 6.07 Å². The van der Waals surface area contributed by atoms with E-state index in [0.717, 1.165) is 12.5 Å². The first-order valence-electron chi connectivity index (χ1n) is 4.14. The van der Waals surface area contributed by atoms with Crippen LogP contribution in [0.15, 0.2) is 24.3 Å². The zero-order chi connectivity index (χ0) is 12.4. The van der Waals surface area contributed by atoms with Crippen molar-refractivity contribution in [3.05, 3.63) is 24.3 Å². The smallest absolute Gasteiger partial charge is 0.306 e. The highest BCUT2D eigenvalue weighted by Gasteiger charge is 2.11. The molecule has 16 heavy (non-hydrogen) atoms. The number of nitrogens with one attached hydrogen (secondary N) is 1. The van der Waals surface area contributed by atoms with Gasteiger partial charge in [-0.15, -0.1) is 0 Å². The van der Waals surface area contributed by atoms with Gasteiger partial charge in [0.1, 0.15) is 0 Å². The molecule has 1 rings (SSSR count). The second kappa shape index (κ2) is 4.30. The molecule has 0 atom stereocenters. The first-order valence-corrected chi connectivity index (χ1v) is 7.84. The van der Waals surface area contributed by atoms with Gasteiger partial charge >= 0.3 is 10.1 Å². The van der Waals surface area contributed by atoms with Crippen LogP contribution in [0.5, 0.6) is 5.75 Å². The van der Waals surface area contributed by atoms with Crippen LogP contribution in [0, 0.1) is 0 Å². The number of sulfonamides is 1. The van der Waals surface area contributed by atoms with E-state index in [9.17, 15) is 16.8 Å². The van der Waals surface area contributed by atoms with Crippen LogP contribution in [0.3, 0.4) is 0 Å². The average Bonchev–Trinajstić information content (AvgIpc) is 2.03. The standard InChI is InChI=1S/C8H11NO5S2/c1-15(10,11)9-7-5-3-4-6-8(7)14-16(2,12)13/h3-6,9H,1-2H3. The van der Waals surface area contributed by atoms with Crippen LogP contribution < -0.4 is 8.91 Å². The molecule has 8 heteroatoms. The van der Waals surface area contributed by atoms with Crippen LogP contribution in [0.25, 0.3) is 0 Å². The number of rotatable bonds is 4. The Balaban J connectivity index is 3.11. The summed E-state index contributed by atoms with van der Waals surface area (Å²) in [5.74, 6) is -0.0598. The second-order valence-electron chi connectivity index (χ2n) is 3.16. The predicted molar refractivity (Wildman–Crippen MR) is 60.4 cm³/mol. The van der Waals surface area contributed by atoms with Crippen molar-refractivity contribution in [2.24, 2.45) is 0 Å². The zero-order valence-electron chi connectivity index (χ0n) is 8.67. The monoisotopic (exact) mass is 265 g/mol. The Labute approximate surface area is 94.4 Å². The van der Waals surface area contributed by atoms with Crippen molar-refractivity contribution in [1.82, 2.24) is 0 Å². The molecular formula is C8H11NO5S2. The van der Waals surface area contributed by atoms with E-state index in [-0.39, 0.29) is 11.4 Å². The summed E-state index contributed by atoms with van der Waals surface area (Å²) in [5, 5.41) is 0. The Morgan fingerprint density at radius 2 is 1.62 bits per heavy atom. The normalized spacial score (nSPS) is 12.1. The molecule has 0 fully saturated rings. The quantitative estimate of drug-likeness (QED) is 0.796. The largest absolute Gasteiger partial charge is 0.380 e. The fraction of sp³-hybridized carbons (Fsp3) is 0.250. The predicted octanol–water partition coefficient (Wildman–Crippen LogP) is 0.397. The van der Waals surface area contributed by atoms with E-state index >= 15 is 0 Å². The van der Waals surface area contributed by atoms with Crippen molar-refractivity contribution in [1.29, 1.82) is 0 Å². The van der Waals surface area contributed by atoms with Gasteiger partial charge < -0.3 is 4.18 Å². The zero-order valence-corrected chi connectivity index (χ0v) is 10.3. The van der Waals surface area contributed by atoms with Crippen molar-refractivity contribution in [2.45, 2.75) is 0 Å². The van der Waals surface area contributed by atoms with Gasteiger partial charge in [-0.2, -0.15) is 8.42 Å². The Kier molecular flexibility index (Phi) is 3.44. The maximum atomic E-state index is 11.0. The Morgan fingerprint density at radius 3 is 2.12 bits per heavy atom. The minimum absolute atomic E-state index is 0.0598. The van der Waals surface area contributed by atoms with E-state index in [2.05, 4.69) is 8.91 Å². The SMILES string of the molecule is CS(=O)(=O)Nc1ccccc1OS(C)(=O)=O. The molecule has 0 bridgehead atoms. The summed E-state index contributed by atoms with van der Waals surface area (Å²) in [7, 11) is -7.17. The van der Waals surface area contributed by atoms with Crippen molar-refractivity contribution >= 4 is 25.8 Å². The molecule has 0 spiro atoms. The highest BCUT2D eigenvalue weighted by molar-refractivity contribution is 7.92. The number of hydrogen-bond donors (Lipinski definition) is 1. The van der Waals surface area contributed by atoms with E-state index in [4.69, 9.17) is 0 Å². The lowest BCUT2D eigenvalue weighted by atomic mass is 10.3. The fourth-order valence-corrected chi connectivity index (χ4v) is 2.03. The molecular weight excluding hydrogens is 254 g/mol. The first-order chi connectivity index (χ1) is 7.17. The van der Waals surface area contributed by atoms with Crippen LogP contribution in [0.1, 0.15) is 0 Å².